The van der Waals surface area contributed by atoms with Crippen molar-refractivity contribution in [2.45, 2.75) is 26.2 Å². The van der Waals surface area contributed by atoms with Crippen molar-refractivity contribution in [3.8, 4) is 0 Å². The summed E-state index contributed by atoms with van der Waals surface area (Å²) in [6.07, 6.45) is 2.76. The van der Waals surface area contributed by atoms with Gasteiger partial charge in [0.1, 0.15) is 0 Å². The molecule has 4 heteroatoms. The van der Waals surface area contributed by atoms with Gasteiger partial charge in [-0.1, -0.05) is 6.92 Å². The van der Waals surface area contributed by atoms with Crippen LogP contribution in [0.5, 0.6) is 0 Å². The van der Waals surface area contributed by atoms with E-state index in [9.17, 15) is 9.59 Å². The molecule has 2 fully saturated rings. The zero-order valence-electron chi connectivity index (χ0n) is 8.43. The number of carbonyl (C=O) groups is 2. The SMILES string of the molecule is CC1(CNC(=O)C2CNC(=O)C2)CC1. The van der Waals surface area contributed by atoms with Gasteiger partial charge in [0.25, 0.3) is 0 Å². The van der Waals surface area contributed by atoms with E-state index in [0.29, 0.717) is 18.4 Å². The van der Waals surface area contributed by atoms with Gasteiger partial charge in [-0.3, -0.25) is 9.59 Å². The molecule has 0 spiro atoms. The minimum atomic E-state index is -0.148. The summed E-state index contributed by atoms with van der Waals surface area (Å²) in [7, 11) is 0. The van der Waals surface area contributed by atoms with Crippen LogP contribution < -0.4 is 10.6 Å². The second kappa shape index (κ2) is 3.26. The van der Waals surface area contributed by atoms with Gasteiger partial charge in [-0.25, -0.2) is 0 Å². The first-order chi connectivity index (χ1) is 6.59. The summed E-state index contributed by atoms with van der Waals surface area (Å²) in [4.78, 5) is 22.4. The third-order valence-corrected chi connectivity index (χ3v) is 3.14. The maximum absolute atomic E-state index is 11.6. The molecule has 0 bridgehead atoms. The van der Waals surface area contributed by atoms with Gasteiger partial charge in [-0.2, -0.15) is 0 Å². The first kappa shape index (κ1) is 9.49. The number of carbonyl (C=O) groups excluding carboxylic acids is 2. The van der Waals surface area contributed by atoms with Crippen molar-refractivity contribution in [2.75, 3.05) is 13.1 Å². The number of hydrogen-bond acceptors (Lipinski definition) is 2. The summed E-state index contributed by atoms with van der Waals surface area (Å²) in [5.74, 6) is -0.135. The highest BCUT2D eigenvalue weighted by atomic mass is 16.2. The number of amides is 2. The summed E-state index contributed by atoms with van der Waals surface area (Å²) in [6.45, 7) is 3.43. The van der Waals surface area contributed by atoms with Gasteiger partial charge in [0.15, 0.2) is 0 Å². The molecular weight excluding hydrogens is 180 g/mol. The molecule has 1 aliphatic carbocycles. The summed E-state index contributed by atoms with van der Waals surface area (Å²) >= 11 is 0. The topological polar surface area (TPSA) is 58.2 Å². The Bertz CT molecular complexity index is 271. The lowest BCUT2D eigenvalue weighted by Gasteiger charge is -2.12. The Labute approximate surface area is 83.4 Å². The van der Waals surface area contributed by atoms with Crippen molar-refractivity contribution in [2.24, 2.45) is 11.3 Å². The standard InChI is InChI=1S/C10H16N2O2/c1-10(2-3-10)6-12-9(14)7-4-8(13)11-5-7/h7H,2-6H2,1H3,(H,11,13)(H,12,14). The molecule has 78 valence electrons. The zero-order valence-corrected chi connectivity index (χ0v) is 8.43. The van der Waals surface area contributed by atoms with Crippen LogP contribution in [0.2, 0.25) is 0 Å². The molecule has 2 rings (SSSR count). The van der Waals surface area contributed by atoms with Gasteiger partial charge < -0.3 is 10.6 Å². The summed E-state index contributed by atoms with van der Waals surface area (Å²) in [5, 5.41) is 5.58. The molecule has 0 radical (unpaired) electrons. The lowest BCUT2D eigenvalue weighted by molar-refractivity contribution is -0.126. The van der Waals surface area contributed by atoms with Crippen LogP contribution in [-0.2, 0) is 9.59 Å². The number of rotatable bonds is 3. The van der Waals surface area contributed by atoms with E-state index < -0.39 is 0 Å². The van der Waals surface area contributed by atoms with Crippen LogP contribution in [0.1, 0.15) is 26.2 Å². The molecule has 0 aromatic rings. The smallest absolute Gasteiger partial charge is 0.225 e. The zero-order chi connectivity index (χ0) is 10.2. The van der Waals surface area contributed by atoms with E-state index in [-0.39, 0.29) is 17.7 Å². The van der Waals surface area contributed by atoms with E-state index in [1.54, 1.807) is 0 Å². The molecule has 14 heavy (non-hydrogen) atoms. The van der Waals surface area contributed by atoms with E-state index in [1.165, 1.54) is 12.8 Å². The Morgan fingerprint density at radius 2 is 2.36 bits per heavy atom. The first-order valence-corrected chi connectivity index (χ1v) is 5.13. The van der Waals surface area contributed by atoms with Crippen molar-refractivity contribution >= 4 is 11.8 Å². The highest BCUT2D eigenvalue weighted by Gasteiger charge is 2.38. The molecular formula is C10H16N2O2. The lowest BCUT2D eigenvalue weighted by atomic mass is 10.1. The highest BCUT2D eigenvalue weighted by Crippen LogP contribution is 2.44. The summed E-state index contributed by atoms with van der Waals surface area (Å²) in [5.41, 5.74) is 0.339. The van der Waals surface area contributed by atoms with Crippen LogP contribution in [0.3, 0.4) is 0 Å². The van der Waals surface area contributed by atoms with Crippen molar-refractivity contribution < 1.29 is 9.59 Å². The van der Waals surface area contributed by atoms with E-state index in [1.807, 2.05) is 0 Å². The number of hydrogen-bond donors (Lipinski definition) is 2. The lowest BCUT2D eigenvalue weighted by Crippen LogP contribution is -2.35. The first-order valence-electron chi connectivity index (χ1n) is 5.13. The molecule has 2 N–H and O–H groups in total. The van der Waals surface area contributed by atoms with Crippen LogP contribution in [0.15, 0.2) is 0 Å². The van der Waals surface area contributed by atoms with E-state index >= 15 is 0 Å². The van der Waals surface area contributed by atoms with Crippen molar-refractivity contribution in [1.29, 1.82) is 0 Å². The molecule has 1 unspecified atom stereocenters. The van der Waals surface area contributed by atoms with Gasteiger partial charge in [0.05, 0.1) is 5.92 Å². The summed E-state index contributed by atoms with van der Waals surface area (Å²) < 4.78 is 0. The number of nitrogens with one attached hydrogen (secondary N) is 2. The van der Waals surface area contributed by atoms with Crippen molar-refractivity contribution in [3.05, 3.63) is 0 Å². The average molecular weight is 196 g/mol. The van der Waals surface area contributed by atoms with Crippen LogP contribution >= 0.6 is 0 Å². The second-order valence-electron chi connectivity index (χ2n) is 4.73. The fourth-order valence-corrected chi connectivity index (χ4v) is 1.63. The van der Waals surface area contributed by atoms with Crippen LogP contribution in [0.25, 0.3) is 0 Å². The largest absolute Gasteiger partial charge is 0.355 e. The van der Waals surface area contributed by atoms with E-state index in [2.05, 4.69) is 17.6 Å². The minimum Gasteiger partial charge on any atom is -0.355 e. The van der Waals surface area contributed by atoms with Gasteiger partial charge >= 0.3 is 0 Å². The molecule has 2 aliphatic rings. The molecule has 1 aliphatic heterocycles. The van der Waals surface area contributed by atoms with Crippen LogP contribution in [-0.4, -0.2) is 24.9 Å². The predicted octanol–water partition coefficient (Wildman–Crippen LogP) is 0.0388. The minimum absolute atomic E-state index is 0.0113. The maximum atomic E-state index is 11.6. The molecule has 1 heterocycles. The monoisotopic (exact) mass is 196 g/mol. The molecule has 4 nitrogen and oxygen atoms in total. The third-order valence-electron chi connectivity index (χ3n) is 3.14. The predicted molar refractivity (Wildman–Crippen MR) is 51.5 cm³/mol. The fraction of sp³-hybridized carbons (Fsp3) is 0.800. The van der Waals surface area contributed by atoms with Gasteiger partial charge in [-0.15, -0.1) is 0 Å². The summed E-state index contributed by atoms with van der Waals surface area (Å²) in [6, 6.07) is 0. The average Bonchev–Trinajstić information content (AvgIpc) is 2.71. The molecule has 2 amide bonds. The van der Waals surface area contributed by atoms with Crippen LogP contribution in [0, 0.1) is 11.3 Å². The Morgan fingerprint density at radius 1 is 1.64 bits per heavy atom. The maximum Gasteiger partial charge on any atom is 0.225 e. The quantitative estimate of drug-likeness (QED) is 0.669. The van der Waals surface area contributed by atoms with Gasteiger partial charge in [-0.05, 0) is 18.3 Å². The molecule has 0 aromatic heterocycles. The molecule has 1 atom stereocenters. The van der Waals surface area contributed by atoms with E-state index in [0.717, 1.165) is 6.54 Å². The van der Waals surface area contributed by atoms with Crippen molar-refractivity contribution in [1.82, 2.24) is 10.6 Å². The highest BCUT2D eigenvalue weighted by molar-refractivity contribution is 5.89. The van der Waals surface area contributed by atoms with Gasteiger partial charge in [0.2, 0.25) is 11.8 Å². The van der Waals surface area contributed by atoms with Gasteiger partial charge in [0, 0.05) is 19.5 Å². The fourth-order valence-electron chi connectivity index (χ4n) is 1.63. The third kappa shape index (κ3) is 2.05. The molecule has 1 saturated heterocycles. The Morgan fingerprint density at radius 3 is 2.86 bits per heavy atom. The van der Waals surface area contributed by atoms with Crippen molar-refractivity contribution in [3.63, 3.8) is 0 Å². The Hall–Kier alpha value is -1.06. The molecule has 0 aromatic carbocycles. The molecule has 1 saturated carbocycles. The normalized spacial score (nSPS) is 28.4. The Kier molecular flexibility index (Phi) is 2.21. The second-order valence-corrected chi connectivity index (χ2v) is 4.73. The van der Waals surface area contributed by atoms with E-state index in [4.69, 9.17) is 0 Å². The Balaban J connectivity index is 1.75. The van der Waals surface area contributed by atoms with Crippen LogP contribution in [0.4, 0.5) is 0 Å².